The SMILES string of the molecule is O=C(NCCN1CCOCC1)C(O)[N+]1(C(=O)c2ccc(Cl)cc2)CCCC1. The molecule has 1 aromatic rings. The van der Waals surface area contributed by atoms with Crippen LogP contribution in [-0.2, 0) is 9.53 Å². The second-order valence-electron chi connectivity index (χ2n) is 7.12. The van der Waals surface area contributed by atoms with Gasteiger partial charge >= 0.3 is 11.8 Å². The first kappa shape index (κ1) is 20.2. The molecule has 0 bridgehead atoms. The fourth-order valence-corrected chi connectivity index (χ4v) is 3.91. The van der Waals surface area contributed by atoms with Crippen LogP contribution < -0.4 is 5.32 Å². The number of nitrogens with one attached hydrogen (secondary N) is 1. The molecule has 7 nitrogen and oxygen atoms in total. The lowest BCUT2D eigenvalue weighted by Gasteiger charge is -2.35. The van der Waals surface area contributed by atoms with E-state index in [2.05, 4.69) is 10.2 Å². The predicted molar refractivity (Wildman–Crippen MR) is 101 cm³/mol. The highest BCUT2D eigenvalue weighted by Gasteiger charge is 2.49. The van der Waals surface area contributed by atoms with Crippen molar-refractivity contribution in [3.63, 3.8) is 0 Å². The Morgan fingerprint density at radius 3 is 2.44 bits per heavy atom. The third-order valence-electron chi connectivity index (χ3n) is 5.39. The lowest BCUT2D eigenvalue weighted by Crippen LogP contribution is -2.63. The third kappa shape index (κ3) is 4.67. The summed E-state index contributed by atoms with van der Waals surface area (Å²) in [5.41, 5.74) is 0.460. The molecule has 2 N–H and O–H groups in total. The molecular formula is C19H27ClN3O4+. The third-order valence-corrected chi connectivity index (χ3v) is 5.65. The van der Waals surface area contributed by atoms with Gasteiger partial charge in [-0.2, -0.15) is 0 Å². The van der Waals surface area contributed by atoms with Crippen molar-refractivity contribution in [2.24, 2.45) is 0 Å². The van der Waals surface area contributed by atoms with Gasteiger partial charge in [0.2, 0.25) is 0 Å². The Balaban J connectivity index is 1.63. The van der Waals surface area contributed by atoms with Crippen molar-refractivity contribution in [3.05, 3.63) is 34.9 Å². The lowest BCUT2D eigenvalue weighted by molar-refractivity contribution is -0.875. The molecule has 0 spiro atoms. The van der Waals surface area contributed by atoms with E-state index in [0.29, 0.717) is 50.0 Å². The van der Waals surface area contributed by atoms with E-state index in [-0.39, 0.29) is 10.4 Å². The number of carbonyl (C=O) groups is 2. The average Bonchev–Trinajstić information content (AvgIpc) is 3.19. The van der Waals surface area contributed by atoms with Gasteiger partial charge in [0.15, 0.2) is 0 Å². The van der Waals surface area contributed by atoms with Crippen molar-refractivity contribution in [3.8, 4) is 0 Å². The monoisotopic (exact) mass is 396 g/mol. The maximum atomic E-state index is 13.1. The van der Waals surface area contributed by atoms with Gasteiger partial charge in [0.05, 0.1) is 31.9 Å². The number of rotatable bonds is 6. The Kier molecular flexibility index (Phi) is 6.83. The molecule has 0 saturated carbocycles. The van der Waals surface area contributed by atoms with Crippen molar-refractivity contribution in [2.45, 2.75) is 19.1 Å². The first-order valence-corrected chi connectivity index (χ1v) is 9.84. The Labute approximate surface area is 164 Å². The van der Waals surface area contributed by atoms with Gasteiger partial charge in [0, 0.05) is 44.0 Å². The second kappa shape index (κ2) is 9.12. The van der Waals surface area contributed by atoms with Crippen LogP contribution in [0, 0.1) is 0 Å². The lowest BCUT2D eigenvalue weighted by atomic mass is 10.1. The van der Waals surface area contributed by atoms with Crippen LogP contribution in [0.3, 0.4) is 0 Å². The highest BCUT2D eigenvalue weighted by molar-refractivity contribution is 6.30. The smallest absolute Gasteiger partial charge is 0.348 e. The largest absolute Gasteiger partial charge is 0.379 e. The van der Waals surface area contributed by atoms with Gasteiger partial charge in [-0.25, -0.2) is 9.28 Å². The number of hydrogen-bond acceptors (Lipinski definition) is 5. The minimum absolute atomic E-state index is 0.236. The number of aliphatic hydroxyl groups excluding tert-OH is 1. The number of nitrogens with zero attached hydrogens (tertiary/aromatic N) is 2. The molecule has 2 aliphatic heterocycles. The normalized spacial score (nSPS) is 21.0. The topological polar surface area (TPSA) is 78.9 Å². The van der Waals surface area contributed by atoms with E-state index in [1.807, 2.05) is 0 Å². The van der Waals surface area contributed by atoms with Gasteiger partial charge in [-0.15, -0.1) is 0 Å². The number of hydrogen-bond donors (Lipinski definition) is 2. The fraction of sp³-hybridized carbons (Fsp3) is 0.579. The minimum atomic E-state index is -1.40. The number of likely N-dealkylation sites (tertiary alicyclic amines) is 1. The Morgan fingerprint density at radius 1 is 1.19 bits per heavy atom. The molecule has 2 amide bonds. The van der Waals surface area contributed by atoms with Gasteiger partial charge < -0.3 is 15.2 Å². The quantitative estimate of drug-likeness (QED) is 0.697. The zero-order chi connectivity index (χ0) is 19.3. The van der Waals surface area contributed by atoms with E-state index >= 15 is 0 Å². The molecule has 1 aromatic carbocycles. The van der Waals surface area contributed by atoms with Crippen molar-refractivity contribution in [1.82, 2.24) is 10.2 Å². The molecule has 0 radical (unpaired) electrons. The highest BCUT2D eigenvalue weighted by atomic mass is 35.5. The standard InChI is InChI=1S/C19H26ClN3O4/c20-16-5-3-15(4-6-16)18(25)23(11-1-2-12-23)19(26)17(24)21-7-8-22-9-13-27-14-10-22/h3-6,19,26H,1-2,7-14H2/p+1. The van der Waals surface area contributed by atoms with E-state index in [1.54, 1.807) is 24.3 Å². The summed E-state index contributed by atoms with van der Waals surface area (Å²) in [5.74, 6) is -0.729. The van der Waals surface area contributed by atoms with Crippen LogP contribution in [0.2, 0.25) is 5.02 Å². The summed E-state index contributed by atoms with van der Waals surface area (Å²) in [4.78, 5) is 27.9. The van der Waals surface area contributed by atoms with Crippen molar-refractivity contribution >= 4 is 23.4 Å². The van der Waals surface area contributed by atoms with Crippen molar-refractivity contribution in [1.29, 1.82) is 0 Å². The van der Waals surface area contributed by atoms with Gasteiger partial charge in [0.1, 0.15) is 0 Å². The Hall–Kier alpha value is -1.51. The summed E-state index contributed by atoms with van der Waals surface area (Å²) in [6, 6.07) is 6.59. The van der Waals surface area contributed by atoms with Crippen molar-refractivity contribution in [2.75, 3.05) is 52.5 Å². The molecule has 1 atom stereocenters. The summed E-state index contributed by atoms with van der Waals surface area (Å²) in [6.07, 6.45) is 0.204. The van der Waals surface area contributed by atoms with Crippen LogP contribution in [-0.4, -0.2) is 85.0 Å². The fourth-order valence-electron chi connectivity index (χ4n) is 3.79. The van der Waals surface area contributed by atoms with Gasteiger partial charge in [-0.05, 0) is 24.3 Å². The molecular weight excluding hydrogens is 370 g/mol. The highest BCUT2D eigenvalue weighted by Crippen LogP contribution is 2.27. The summed E-state index contributed by atoms with van der Waals surface area (Å²) >= 11 is 5.90. The second-order valence-corrected chi connectivity index (χ2v) is 7.56. The van der Waals surface area contributed by atoms with E-state index in [4.69, 9.17) is 16.3 Å². The molecule has 8 heteroatoms. The van der Waals surface area contributed by atoms with E-state index < -0.39 is 12.1 Å². The summed E-state index contributed by atoms with van der Waals surface area (Å²) in [6.45, 7) is 5.14. The van der Waals surface area contributed by atoms with Crippen LogP contribution in [0.25, 0.3) is 0 Å². The number of amides is 2. The van der Waals surface area contributed by atoms with Crippen LogP contribution in [0.4, 0.5) is 0 Å². The van der Waals surface area contributed by atoms with Gasteiger partial charge in [0.25, 0.3) is 6.23 Å². The van der Waals surface area contributed by atoms with E-state index in [9.17, 15) is 14.7 Å². The number of ether oxygens (including phenoxy) is 1. The molecule has 2 fully saturated rings. The first-order chi connectivity index (χ1) is 13.0. The molecule has 1 unspecified atom stereocenters. The number of morpholine rings is 1. The molecule has 27 heavy (non-hydrogen) atoms. The first-order valence-electron chi connectivity index (χ1n) is 9.46. The molecule has 0 aromatic heterocycles. The molecule has 2 heterocycles. The van der Waals surface area contributed by atoms with E-state index in [0.717, 1.165) is 25.9 Å². The minimum Gasteiger partial charge on any atom is -0.379 e. The van der Waals surface area contributed by atoms with Gasteiger partial charge in [-0.1, -0.05) is 11.6 Å². The van der Waals surface area contributed by atoms with Crippen LogP contribution in [0.1, 0.15) is 23.2 Å². The number of carbonyl (C=O) groups excluding carboxylic acids is 2. The summed E-state index contributed by atoms with van der Waals surface area (Å²) in [7, 11) is 0. The number of quaternary nitrogens is 1. The number of benzene rings is 1. The molecule has 148 valence electrons. The average molecular weight is 397 g/mol. The molecule has 0 aliphatic carbocycles. The zero-order valence-electron chi connectivity index (χ0n) is 15.4. The van der Waals surface area contributed by atoms with Crippen molar-refractivity contribution < 1.29 is 23.9 Å². The zero-order valence-corrected chi connectivity index (χ0v) is 16.2. The molecule has 2 aliphatic rings. The van der Waals surface area contributed by atoms with Gasteiger partial charge in [-0.3, -0.25) is 9.69 Å². The maximum absolute atomic E-state index is 13.1. The predicted octanol–water partition coefficient (Wildman–Crippen LogP) is 0.858. The number of halogens is 1. The Morgan fingerprint density at radius 2 is 1.81 bits per heavy atom. The van der Waals surface area contributed by atoms with Crippen LogP contribution in [0.5, 0.6) is 0 Å². The summed E-state index contributed by atoms with van der Waals surface area (Å²) in [5, 5.41) is 14.1. The molecule has 2 saturated heterocycles. The van der Waals surface area contributed by atoms with E-state index in [1.165, 1.54) is 0 Å². The van der Waals surface area contributed by atoms with Crippen LogP contribution >= 0.6 is 11.6 Å². The van der Waals surface area contributed by atoms with Crippen LogP contribution in [0.15, 0.2) is 24.3 Å². The molecule has 3 rings (SSSR count). The Bertz CT molecular complexity index is 655. The maximum Gasteiger partial charge on any atom is 0.348 e. The summed E-state index contributed by atoms with van der Waals surface area (Å²) < 4.78 is 5.06. The number of aliphatic hydroxyl groups is 1.